The highest BCUT2D eigenvalue weighted by atomic mass is 16.1. The quantitative estimate of drug-likeness (QED) is 0.794. The van der Waals surface area contributed by atoms with E-state index in [1.807, 2.05) is 55.4 Å². The number of hydrogen-bond donors (Lipinski definition) is 2. The summed E-state index contributed by atoms with van der Waals surface area (Å²) in [7, 11) is 3.80. The van der Waals surface area contributed by atoms with Crippen LogP contribution in [0.25, 0.3) is 0 Å². The molecule has 2 rings (SSSR count). The number of carbonyl (C=O) groups is 1. The molecule has 1 aromatic carbocycles. The fourth-order valence-electron chi connectivity index (χ4n) is 1.91. The molecule has 21 heavy (non-hydrogen) atoms. The third-order valence-corrected chi connectivity index (χ3v) is 3.16. The minimum atomic E-state index is -0.105. The van der Waals surface area contributed by atoms with Crippen molar-refractivity contribution in [3.63, 3.8) is 0 Å². The van der Waals surface area contributed by atoms with Gasteiger partial charge in [0.15, 0.2) is 0 Å². The molecule has 2 aromatic rings. The molecule has 0 atom stereocenters. The van der Waals surface area contributed by atoms with Crippen LogP contribution < -0.4 is 15.5 Å². The molecule has 1 amide bonds. The molecule has 2 N–H and O–H groups in total. The first-order chi connectivity index (χ1) is 10.2. The summed E-state index contributed by atoms with van der Waals surface area (Å²) >= 11 is 0. The van der Waals surface area contributed by atoms with E-state index in [4.69, 9.17) is 0 Å². The highest BCUT2D eigenvalue weighted by Crippen LogP contribution is 2.20. The molecule has 110 valence electrons. The van der Waals surface area contributed by atoms with Crippen LogP contribution in [0.5, 0.6) is 0 Å². The minimum Gasteiger partial charge on any atom is -0.351 e. The SMILES string of the molecule is CNCCNC(=O)c1ccc(N(C)c2ccccc2)nc1. The fourth-order valence-corrected chi connectivity index (χ4v) is 1.91. The molecule has 0 radical (unpaired) electrons. The summed E-state index contributed by atoms with van der Waals surface area (Å²) in [6, 6.07) is 13.6. The van der Waals surface area contributed by atoms with Crippen LogP contribution in [0.1, 0.15) is 10.4 Å². The van der Waals surface area contributed by atoms with E-state index >= 15 is 0 Å². The van der Waals surface area contributed by atoms with Crippen LogP contribution in [0.15, 0.2) is 48.7 Å². The first-order valence-corrected chi connectivity index (χ1v) is 6.90. The average Bonchev–Trinajstić information content (AvgIpc) is 2.55. The van der Waals surface area contributed by atoms with Gasteiger partial charge in [-0.25, -0.2) is 4.98 Å². The highest BCUT2D eigenvalue weighted by molar-refractivity contribution is 5.94. The van der Waals surface area contributed by atoms with E-state index in [-0.39, 0.29) is 5.91 Å². The smallest absolute Gasteiger partial charge is 0.252 e. The molecular weight excluding hydrogens is 264 g/mol. The summed E-state index contributed by atoms with van der Waals surface area (Å²) in [5.74, 6) is 0.694. The molecule has 0 aliphatic heterocycles. The summed E-state index contributed by atoms with van der Waals surface area (Å²) in [6.45, 7) is 1.34. The topological polar surface area (TPSA) is 57.3 Å². The zero-order valence-electron chi connectivity index (χ0n) is 12.3. The molecule has 0 aliphatic carbocycles. The number of pyridine rings is 1. The lowest BCUT2D eigenvalue weighted by molar-refractivity contribution is 0.0954. The maximum Gasteiger partial charge on any atom is 0.252 e. The minimum absolute atomic E-state index is 0.105. The Morgan fingerprint density at radius 3 is 2.52 bits per heavy atom. The van der Waals surface area contributed by atoms with E-state index in [0.717, 1.165) is 18.1 Å². The van der Waals surface area contributed by atoms with Gasteiger partial charge in [-0.1, -0.05) is 18.2 Å². The highest BCUT2D eigenvalue weighted by Gasteiger charge is 2.08. The molecule has 0 fully saturated rings. The number of nitrogens with zero attached hydrogens (tertiary/aromatic N) is 2. The molecule has 5 nitrogen and oxygen atoms in total. The van der Waals surface area contributed by atoms with E-state index in [2.05, 4.69) is 15.6 Å². The number of anilines is 2. The van der Waals surface area contributed by atoms with E-state index in [1.165, 1.54) is 0 Å². The number of hydrogen-bond acceptors (Lipinski definition) is 4. The van der Waals surface area contributed by atoms with Crippen molar-refractivity contribution in [3.8, 4) is 0 Å². The van der Waals surface area contributed by atoms with Gasteiger partial charge in [0.05, 0.1) is 5.56 Å². The number of para-hydroxylation sites is 1. The number of benzene rings is 1. The molecular formula is C16H20N4O. The number of amides is 1. The fraction of sp³-hybridized carbons (Fsp3) is 0.250. The Bertz CT molecular complexity index is 569. The van der Waals surface area contributed by atoms with Gasteiger partial charge in [0.2, 0.25) is 0 Å². The number of likely N-dealkylation sites (N-methyl/N-ethyl adjacent to an activating group) is 1. The zero-order chi connectivity index (χ0) is 15.1. The maximum absolute atomic E-state index is 11.9. The molecule has 1 heterocycles. The Kier molecular flexibility index (Phi) is 5.29. The molecule has 0 saturated heterocycles. The number of aromatic nitrogens is 1. The first kappa shape index (κ1) is 15.0. The van der Waals surface area contributed by atoms with Gasteiger partial charge in [-0.15, -0.1) is 0 Å². The van der Waals surface area contributed by atoms with Gasteiger partial charge in [-0.2, -0.15) is 0 Å². The predicted molar refractivity (Wildman–Crippen MR) is 85.0 cm³/mol. The third-order valence-electron chi connectivity index (χ3n) is 3.16. The van der Waals surface area contributed by atoms with E-state index < -0.39 is 0 Å². The van der Waals surface area contributed by atoms with Crippen molar-refractivity contribution in [3.05, 3.63) is 54.2 Å². The maximum atomic E-state index is 11.9. The molecule has 0 spiro atoms. The Morgan fingerprint density at radius 1 is 1.14 bits per heavy atom. The van der Waals surface area contributed by atoms with Gasteiger partial charge in [0.25, 0.3) is 5.91 Å². The normalized spacial score (nSPS) is 10.2. The second kappa shape index (κ2) is 7.40. The van der Waals surface area contributed by atoms with Gasteiger partial charge in [0, 0.05) is 32.0 Å². The van der Waals surface area contributed by atoms with Crippen molar-refractivity contribution in [2.75, 3.05) is 32.1 Å². The molecule has 1 aromatic heterocycles. The van der Waals surface area contributed by atoms with Crippen LogP contribution >= 0.6 is 0 Å². The lowest BCUT2D eigenvalue weighted by Gasteiger charge is -2.18. The van der Waals surface area contributed by atoms with E-state index in [1.54, 1.807) is 12.3 Å². The summed E-state index contributed by atoms with van der Waals surface area (Å²) in [4.78, 5) is 18.2. The largest absolute Gasteiger partial charge is 0.351 e. The van der Waals surface area contributed by atoms with Crippen LogP contribution in [0.4, 0.5) is 11.5 Å². The Balaban J connectivity index is 2.03. The zero-order valence-corrected chi connectivity index (χ0v) is 12.3. The van der Waals surface area contributed by atoms with E-state index in [0.29, 0.717) is 12.1 Å². The van der Waals surface area contributed by atoms with Crippen molar-refractivity contribution in [2.24, 2.45) is 0 Å². The second-order valence-electron chi connectivity index (χ2n) is 4.66. The molecule has 5 heteroatoms. The van der Waals surface area contributed by atoms with Crippen molar-refractivity contribution >= 4 is 17.4 Å². The van der Waals surface area contributed by atoms with Crippen LogP contribution in [-0.4, -0.2) is 38.1 Å². The van der Waals surface area contributed by atoms with Gasteiger partial charge in [0.1, 0.15) is 5.82 Å². The lowest BCUT2D eigenvalue weighted by Crippen LogP contribution is -2.30. The van der Waals surface area contributed by atoms with Crippen LogP contribution in [-0.2, 0) is 0 Å². The molecule has 0 unspecified atom stereocenters. The second-order valence-corrected chi connectivity index (χ2v) is 4.66. The van der Waals surface area contributed by atoms with Crippen molar-refractivity contribution in [1.82, 2.24) is 15.6 Å². The molecule has 0 bridgehead atoms. The Morgan fingerprint density at radius 2 is 1.90 bits per heavy atom. The number of rotatable bonds is 6. The Labute approximate surface area is 125 Å². The number of nitrogens with one attached hydrogen (secondary N) is 2. The van der Waals surface area contributed by atoms with Gasteiger partial charge in [-0.05, 0) is 31.3 Å². The molecule has 0 aliphatic rings. The first-order valence-electron chi connectivity index (χ1n) is 6.90. The van der Waals surface area contributed by atoms with Crippen molar-refractivity contribution in [2.45, 2.75) is 0 Å². The van der Waals surface area contributed by atoms with E-state index in [9.17, 15) is 4.79 Å². The van der Waals surface area contributed by atoms with Gasteiger partial charge in [-0.3, -0.25) is 4.79 Å². The lowest BCUT2D eigenvalue weighted by atomic mass is 10.2. The van der Waals surface area contributed by atoms with Crippen molar-refractivity contribution < 1.29 is 4.79 Å². The predicted octanol–water partition coefficient (Wildman–Crippen LogP) is 1.80. The molecule has 0 saturated carbocycles. The average molecular weight is 284 g/mol. The summed E-state index contributed by atoms with van der Waals surface area (Å²) in [6.07, 6.45) is 1.60. The van der Waals surface area contributed by atoms with Crippen molar-refractivity contribution in [1.29, 1.82) is 0 Å². The van der Waals surface area contributed by atoms with Crippen LogP contribution in [0.3, 0.4) is 0 Å². The standard InChI is InChI=1S/C16H20N4O/c1-17-10-11-18-16(21)13-8-9-15(19-12-13)20(2)14-6-4-3-5-7-14/h3-9,12,17H,10-11H2,1-2H3,(H,18,21). The third kappa shape index (κ3) is 4.03. The summed E-state index contributed by atoms with van der Waals surface area (Å²) in [5.41, 5.74) is 1.62. The summed E-state index contributed by atoms with van der Waals surface area (Å²) in [5, 5.41) is 5.80. The summed E-state index contributed by atoms with van der Waals surface area (Å²) < 4.78 is 0. The monoisotopic (exact) mass is 284 g/mol. The Hall–Kier alpha value is -2.40. The number of carbonyl (C=O) groups excluding carboxylic acids is 1. The van der Waals surface area contributed by atoms with Gasteiger partial charge >= 0.3 is 0 Å². The van der Waals surface area contributed by atoms with Crippen LogP contribution in [0.2, 0.25) is 0 Å². The van der Waals surface area contributed by atoms with Crippen LogP contribution in [0, 0.1) is 0 Å². The van der Waals surface area contributed by atoms with Gasteiger partial charge < -0.3 is 15.5 Å².